The Bertz CT molecular complexity index is 753. The number of nitrogens with two attached hydrogens (primary N) is 1. The first kappa shape index (κ1) is 18.2. The minimum Gasteiger partial charge on any atom is -0.369 e. The molecule has 5 nitrogen and oxygen atoms in total. The number of likely N-dealkylation sites (N-methyl/N-ethyl adjacent to an activating group) is 1. The molecule has 0 fully saturated rings. The van der Waals surface area contributed by atoms with E-state index in [1.54, 1.807) is 13.2 Å². The summed E-state index contributed by atoms with van der Waals surface area (Å²) in [6.45, 7) is 9.92. The van der Waals surface area contributed by atoms with Gasteiger partial charge in [-0.1, -0.05) is 37.6 Å². The topological polar surface area (TPSA) is 71.6 Å². The Balaban J connectivity index is 2.46. The molecule has 2 N–H and O–H groups in total. The lowest BCUT2D eigenvalue weighted by molar-refractivity contribution is -0.129. The van der Waals surface area contributed by atoms with Gasteiger partial charge < -0.3 is 5.73 Å². The Hall–Kier alpha value is -2.14. The number of hydrogen-bond acceptors (Lipinski definition) is 4. The molecule has 2 rings (SSSR count). The zero-order valence-corrected chi connectivity index (χ0v) is 15.3. The van der Waals surface area contributed by atoms with Gasteiger partial charge in [0.1, 0.15) is 0 Å². The highest BCUT2D eigenvalue weighted by Crippen LogP contribution is 2.35. The van der Waals surface area contributed by atoms with Crippen LogP contribution in [0.5, 0.6) is 0 Å². The Morgan fingerprint density at radius 1 is 1.54 bits per heavy atom. The number of carbonyl (C=O) groups excluding carboxylic acids is 1. The lowest BCUT2D eigenvalue weighted by Gasteiger charge is -2.26. The molecule has 0 spiro atoms. The number of pyridine rings is 1. The van der Waals surface area contributed by atoms with E-state index in [0.717, 1.165) is 28.8 Å². The number of nitrogens with zero attached hydrogens (tertiary/aromatic N) is 3. The van der Waals surface area contributed by atoms with Crippen LogP contribution in [0, 0.1) is 6.92 Å². The van der Waals surface area contributed by atoms with E-state index in [1.807, 2.05) is 32.9 Å². The SMILES string of the molecule is C=C(/C=C(\C)C1(CCC)N=C(N)N(C)C1=O)c1cc(Cl)cnc1C. The number of hydrogen-bond donors (Lipinski definition) is 1. The summed E-state index contributed by atoms with van der Waals surface area (Å²) in [5.74, 6) is 0.136. The summed E-state index contributed by atoms with van der Waals surface area (Å²) < 4.78 is 0. The molecule has 6 heteroatoms. The van der Waals surface area contributed by atoms with Gasteiger partial charge in [0.15, 0.2) is 11.5 Å². The van der Waals surface area contributed by atoms with Crippen LogP contribution in [0.25, 0.3) is 5.57 Å². The number of amides is 1. The van der Waals surface area contributed by atoms with E-state index in [-0.39, 0.29) is 11.9 Å². The van der Waals surface area contributed by atoms with Gasteiger partial charge in [0, 0.05) is 24.5 Å². The quantitative estimate of drug-likeness (QED) is 0.831. The van der Waals surface area contributed by atoms with Crippen LogP contribution in [0.3, 0.4) is 0 Å². The van der Waals surface area contributed by atoms with Crippen molar-refractivity contribution in [3.63, 3.8) is 0 Å². The number of rotatable bonds is 5. The third kappa shape index (κ3) is 3.08. The number of aryl methyl sites for hydroxylation is 1. The predicted molar refractivity (Wildman–Crippen MR) is 98.8 cm³/mol. The van der Waals surface area contributed by atoms with Crippen molar-refractivity contribution in [1.82, 2.24) is 9.88 Å². The van der Waals surface area contributed by atoms with Crippen LogP contribution < -0.4 is 5.73 Å². The molecule has 1 aromatic rings. The van der Waals surface area contributed by atoms with E-state index in [1.165, 1.54) is 4.90 Å². The summed E-state index contributed by atoms with van der Waals surface area (Å²) >= 11 is 6.04. The number of allylic oxidation sites excluding steroid dienone is 2. The Labute approximate surface area is 147 Å². The van der Waals surface area contributed by atoms with Crippen molar-refractivity contribution in [1.29, 1.82) is 0 Å². The zero-order valence-electron chi connectivity index (χ0n) is 14.6. The van der Waals surface area contributed by atoms with Crippen molar-refractivity contribution in [2.75, 3.05) is 7.05 Å². The largest absolute Gasteiger partial charge is 0.369 e. The van der Waals surface area contributed by atoms with Crippen LogP contribution in [0.4, 0.5) is 0 Å². The van der Waals surface area contributed by atoms with Gasteiger partial charge in [-0.05, 0) is 37.5 Å². The van der Waals surface area contributed by atoms with Crippen molar-refractivity contribution < 1.29 is 4.79 Å². The molecule has 1 amide bonds. The molecule has 2 heterocycles. The van der Waals surface area contributed by atoms with Gasteiger partial charge in [-0.2, -0.15) is 0 Å². The van der Waals surface area contributed by atoms with Crippen molar-refractivity contribution in [2.45, 2.75) is 39.2 Å². The summed E-state index contributed by atoms with van der Waals surface area (Å²) in [7, 11) is 1.64. The highest BCUT2D eigenvalue weighted by atomic mass is 35.5. The lowest BCUT2D eigenvalue weighted by Crippen LogP contribution is -2.42. The molecule has 0 bridgehead atoms. The Morgan fingerprint density at radius 3 is 2.75 bits per heavy atom. The van der Waals surface area contributed by atoms with Crippen LogP contribution in [0.1, 0.15) is 37.9 Å². The second-order valence-electron chi connectivity index (χ2n) is 6.08. The third-order valence-electron chi connectivity index (χ3n) is 4.36. The molecule has 24 heavy (non-hydrogen) atoms. The van der Waals surface area contributed by atoms with Crippen LogP contribution in [0.2, 0.25) is 5.02 Å². The fraction of sp³-hybridized carbons (Fsp3) is 0.389. The second kappa shape index (κ2) is 6.77. The molecule has 1 atom stereocenters. The van der Waals surface area contributed by atoms with Crippen molar-refractivity contribution in [3.8, 4) is 0 Å². The van der Waals surface area contributed by atoms with Gasteiger partial charge in [-0.25, -0.2) is 4.99 Å². The average Bonchev–Trinajstić information content (AvgIpc) is 2.75. The maximum atomic E-state index is 12.7. The predicted octanol–water partition coefficient (Wildman–Crippen LogP) is 3.33. The van der Waals surface area contributed by atoms with E-state index in [0.29, 0.717) is 11.4 Å². The number of carbonyl (C=O) groups is 1. The standard InChI is InChI=1S/C18H23ClN4O/c1-6-7-18(16(24)23(5)17(20)22-18)12(3)8-11(2)15-9-14(19)10-21-13(15)4/h8-10H,2,6-7H2,1,3-5H3,(H2,20,22)/b12-8+. The van der Waals surface area contributed by atoms with Gasteiger partial charge in [0.05, 0.1) is 5.02 Å². The van der Waals surface area contributed by atoms with Gasteiger partial charge >= 0.3 is 0 Å². The normalized spacial score (nSPS) is 21.2. The minimum absolute atomic E-state index is 0.107. The van der Waals surface area contributed by atoms with Crippen LogP contribution >= 0.6 is 11.6 Å². The van der Waals surface area contributed by atoms with Crippen molar-refractivity contribution in [3.05, 3.63) is 46.8 Å². The monoisotopic (exact) mass is 346 g/mol. The maximum absolute atomic E-state index is 12.7. The summed E-state index contributed by atoms with van der Waals surface area (Å²) in [6.07, 6.45) is 4.89. The van der Waals surface area contributed by atoms with E-state index in [4.69, 9.17) is 17.3 Å². The van der Waals surface area contributed by atoms with Gasteiger partial charge in [0.2, 0.25) is 0 Å². The Morgan fingerprint density at radius 2 is 2.21 bits per heavy atom. The molecule has 1 aromatic heterocycles. The molecule has 0 aromatic carbocycles. The van der Waals surface area contributed by atoms with Crippen LogP contribution in [0.15, 0.2) is 35.5 Å². The minimum atomic E-state index is -0.948. The Kier molecular flexibility index (Phi) is 5.13. The first-order valence-electron chi connectivity index (χ1n) is 7.86. The first-order valence-corrected chi connectivity index (χ1v) is 8.24. The fourth-order valence-corrected chi connectivity index (χ4v) is 3.13. The molecule has 0 radical (unpaired) electrons. The average molecular weight is 347 g/mol. The maximum Gasteiger partial charge on any atom is 0.261 e. The molecular weight excluding hydrogens is 324 g/mol. The zero-order chi connectivity index (χ0) is 18.1. The van der Waals surface area contributed by atoms with Gasteiger partial charge in [0.25, 0.3) is 5.91 Å². The third-order valence-corrected chi connectivity index (χ3v) is 4.57. The molecular formula is C18H23ClN4O. The van der Waals surface area contributed by atoms with E-state index >= 15 is 0 Å². The molecule has 0 saturated heterocycles. The van der Waals surface area contributed by atoms with Gasteiger partial charge in [-0.15, -0.1) is 0 Å². The summed E-state index contributed by atoms with van der Waals surface area (Å²) in [5.41, 5.74) is 8.16. The number of aliphatic imine (C=N–C) groups is 1. The molecule has 0 aliphatic carbocycles. The van der Waals surface area contributed by atoms with E-state index < -0.39 is 5.54 Å². The smallest absolute Gasteiger partial charge is 0.261 e. The van der Waals surface area contributed by atoms with Crippen LogP contribution in [-0.4, -0.2) is 34.3 Å². The van der Waals surface area contributed by atoms with Crippen LogP contribution in [-0.2, 0) is 4.79 Å². The number of aromatic nitrogens is 1. The molecule has 1 unspecified atom stereocenters. The fourth-order valence-electron chi connectivity index (χ4n) is 2.97. The molecule has 0 saturated carbocycles. The molecule has 128 valence electrons. The second-order valence-corrected chi connectivity index (χ2v) is 6.52. The number of halogens is 1. The first-order chi connectivity index (χ1) is 11.2. The number of guanidine groups is 1. The highest BCUT2D eigenvalue weighted by molar-refractivity contribution is 6.30. The van der Waals surface area contributed by atoms with E-state index in [2.05, 4.69) is 16.6 Å². The molecule has 1 aliphatic heterocycles. The highest BCUT2D eigenvalue weighted by Gasteiger charge is 2.46. The summed E-state index contributed by atoms with van der Waals surface area (Å²) in [4.78, 5) is 22.9. The summed E-state index contributed by atoms with van der Waals surface area (Å²) in [5, 5.41) is 0.546. The van der Waals surface area contributed by atoms with Crippen molar-refractivity contribution >= 4 is 29.0 Å². The van der Waals surface area contributed by atoms with E-state index in [9.17, 15) is 4.79 Å². The molecule has 1 aliphatic rings. The lowest BCUT2D eigenvalue weighted by atomic mass is 9.84. The van der Waals surface area contributed by atoms with Crippen molar-refractivity contribution in [2.24, 2.45) is 10.7 Å². The summed E-state index contributed by atoms with van der Waals surface area (Å²) in [6, 6.07) is 1.82. The van der Waals surface area contributed by atoms with Gasteiger partial charge in [-0.3, -0.25) is 14.7 Å².